The third-order valence-corrected chi connectivity index (χ3v) is 3.70. The lowest BCUT2D eigenvalue weighted by Crippen LogP contribution is -2.31. The highest BCUT2D eigenvalue weighted by molar-refractivity contribution is 5.68. The Kier molecular flexibility index (Phi) is 4.53. The fourth-order valence-corrected chi connectivity index (χ4v) is 2.53. The molecule has 0 bridgehead atoms. The topological polar surface area (TPSA) is 88.2 Å². The normalized spacial score (nSPS) is 17.2. The van der Waals surface area contributed by atoms with Gasteiger partial charge >= 0.3 is 5.69 Å². The lowest BCUT2D eigenvalue weighted by atomic mass is 9.92. The van der Waals surface area contributed by atoms with Crippen molar-refractivity contribution in [3.8, 4) is 6.07 Å². The van der Waals surface area contributed by atoms with Gasteiger partial charge in [0.2, 0.25) is 0 Å². The van der Waals surface area contributed by atoms with Crippen LogP contribution in [0.2, 0.25) is 0 Å². The number of nitriles is 1. The van der Waals surface area contributed by atoms with E-state index in [1.54, 1.807) is 12.1 Å². The summed E-state index contributed by atoms with van der Waals surface area (Å²) < 4.78 is 5.32. The van der Waals surface area contributed by atoms with E-state index in [-0.39, 0.29) is 17.3 Å². The van der Waals surface area contributed by atoms with Gasteiger partial charge in [-0.05, 0) is 37.8 Å². The molecule has 0 radical (unpaired) electrons. The van der Waals surface area contributed by atoms with Crippen molar-refractivity contribution in [2.24, 2.45) is 5.92 Å². The van der Waals surface area contributed by atoms with Crippen LogP contribution < -0.4 is 5.32 Å². The molecule has 1 aliphatic heterocycles. The molecule has 1 N–H and O–H groups in total. The number of rotatable bonds is 4. The molecular weight excluding hydrogens is 258 g/mol. The van der Waals surface area contributed by atoms with E-state index in [0.717, 1.165) is 26.1 Å². The lowest BCUT2D eigenvalue weighted by molar-refractivity contribution is -0.384. The summed E-state index contributed by atoms with van der Waals surface area (Å²) in [6.07, 6.45) is 1.89. The molecule has 1 aromatic rings. The first-order chi connectivity index (χ1) is 9.63. The van der Waals surface area contributed by atoms with E-state index in [9.17, 15) is 10.1 Å². The molecule has 20 heavy (non-hydrogen) atoms. The molecular formula is C14H17N3O3. The maximum Gasteiger partial charge on any atom is 0.309 e. The average Bonchev–Trinajstić information content (AvgIpc) is 2.47. The molecule has 1 saturated heterocycles. The smallest absolute Gasteiger partial charge is 0.309 e. The number of anilines is 1. The third kappa shape index (κ3) is 3.06. The Balaban J connectivity index is 2.20. The van der Waals surface area contributed by atoms with Crippen LogP contribution in [0.25, 0.3) is 0 Å². The maximum atomic E-state index is 11.2. The van der Waals surface area contributed by atoms with E-state index < -0.39 is 4.92 Å². The summed E-state index contributed by atoms with van der Waals surface area (Å²) in [5, 5.41) is 23.3. The highest BCUT2D eigenvalue weighted by Gasteiger charge is 2.25. The van der Waals surface area contributed by atoms with E-state index in [4.69, 9.17) is 10.00 Å². The Bertz CT molecular complexity index is 533. The zero-order valence-corrected chi connectivity index (χ0v) is 11.3. The van der Waals surface area contributed by atoms with E-state index in [1.807, 2.05) is 13.0 Å². The van der Waals surface area contributed by atoms with Crippen LogP contribution >= 0.6 is 0 Å². The van der Waals surface area contributed by atoms with Crippen molar-refractivity contribution in [3.63, 3.8) is 0 Å². The molecule has 0 amide bonds. The van der Waals surface area contributed by atoms with E-state index in [0.29, 0.717) is 11.6 Å². The number of nitrogens with zero attached hydrogens (tertiary/aromatic N) is 2. The number of nitrogens with one attached hydrogen (secondary N) is 1. The monoisotopic (exact) mass is 275 g/mol. The van der Waals surface area contributed by atoms with E-state index in [2.05, 4.69) is 5.32 Å². The summed E-state index contributed by atoms with van der Waals surface area (Å²) in [4.78, 5) is 10.7. The van der Waals surface area contributed by atoms with Gasteiger partial charge in [-0.25, -0.2) is 0 Å². The molecule has 2 rings (SSSR count). The summed E-state index contributed by atoms with van der Waals surface area (Å²) in [6.45, 7) is 3.48. The molecule has 1 aliphatic rings. The van der Waals surface area contributed by atoms with Crippen LogP contribution in [0.4, 0.5) is 11.4 Å². The van der Waals surface area contributed by atoms with Gasteiger partial charge in [0.05, 0.1) is 4.92 Å². The van der Waals surface area contributed by atoms with Gasteiger partial charge in [0, 0.05) is 19.3 Å². The summed E-state index contributed by atoms with van der Waals surface area (Å²) in [6, 6.07) is 6.74. The first kappa shape index (κ1) is 14.3. The summed E-state index contributed by atoms with van der Waals surface area (Å²) in [5.74, 6) is 0.425. The molecule has 106 valence electrons. The second-order valence-corrected chi connectivity index (χ2v) is 4.95. The van der Waals surface area contributed by atoms with Gasteiger partial charge < -0.3 is 10.1 Å². The molecule has 0 spiro atoms. The second-order valence-electron chi connectivity index (χ2n) is 4.95. The Morgan fingerprint density at radius 3 is 2.80 bits per heavy atom. The van der Waals surface area contributed by atoms with Crippen molar-refractivity contribution in [1.29, 1.82) is 5.26 Å². The third-order valence-electron chi connectivity index (χ3n) is 3.70. The van der Waals surface area contributed by atoms with Crippen LogP contribution in [0.5, 0.6) is 0 Å². The number of nitro groups is 1. The van der Waals surface area contributed by atoms with Crippen molar-refractivity contribution >= 4 is 11.4 Å². The second kappa shape index (κ2) is 6.35. The first-order valence-electron chi connectivity index (χ1n) is 6.65. The summed E-state index contributed by atoms with van der Waals surface area (Å²) >= 11 is 0. The SMILES string of the molecule is CC(Nc1cccc(C#N)c1[N+](=O)[O-])C1CCOCC1. The largest absolute Gasteiger partial charge is 0.381 e. The van der Waals surface area contributed by atoms with Gasteiger partial charge in [0.1, 0.15) is 17.3 Å². The number of hydrogen-bond donors (Lipinski definition) is 1. The Morgan fingerprint density at radius 2 is 2.20 bits per heavy atom. The standard InChI is InChI=1S/C14H17N3O3/c1-10(11-5-7-20-8-6-11)16-13-4-2-3-12(9-15)14(13)17(18)19/h2-4,10-11,16H,5-8H2,1H3. The van der Waals surface area contributed by atoms with Crippen LogP contribution in [-0.4, -0.2) is 24.2 Å². The van der Waals surface area contributed by atoms with Crippen LogP contribution in [0.3, 0.4) is 0 Å². The van der Waals surface area contributed by atoms with Gasteiger partial charge in [-0.15, -0.1) is 0 Å². The number of para-hydroxylation sites is 1. The molecule has 1 aromatic carbocycles. The maximum absolute atomic E-state index is 11.2. The minimum Gasteiger partial charge on any atom is -0.381 e. The van der Waals surface area contributed by atoms with Crippen molar-refractivity contribution in [2.45, 2.75) is 25.8 Å². The van der Waals surface area contributed by atoms with E-state index in [1.165, 1.54) is 6.07 Å². The predicted molar refractivity (Wildman–Crippen MR) is 74.4 cm³/mol. The number of ether oxygens (including phenoxy) is 1. The quantitative estimate of drug-likeness (QED) is 0.674. The van der Waals surface area contributed by atoms with Crippen LogP contribution in [0, 0.1) is 27.4 Å². The van der Waals surface area contributed by atoms with Crippen molar-refractivity contribution in [3.05, 3.63) is 33.9 Å². The van der Waals surface area contributed by atoms with Crippen LogP contribution in [-0.2, 0) is 4.74 Å². The van der Waals surface area contributed by atoms with Crippen molar-refractivity contribution < 1.29 is 9.66 Å². The van der Waals surface area contributed by atoms with Gasteiger partial charge in [-0.2, -0.15) is 5.26 Å². The van der Waals surface area contributed by atoms with Gasteiger partial charge in [0.25, 0.3) is 0 Å². The number of benzene rings is 1. The molecule has 1 atom stereocenters. The minimum absolute atomic E-state index is 0.0826. The average molecular weight is 275 g/mol. The lowest BCUT2D eigenvalue weighted by Gasteiger charge is -2.29. The molecule has 6 nitrogen and oxygen atoms in total. The first-order valence-corrected chi connectivity index (χ1v) is 6.65. The highest BCUT2D eigenvalue weighted by Crippen LogP contribution is 2.30. The molecule has 0 saturated carbocycles. The zero-order valence-electron chi connectivity index (χ0n) is 11.3. The van der Waals surface area contributed by atoms with Gasteiger partial charge in [-0.3, -0.25) is 10.1 Å². The fourth-order valence-electron chi connectivity index (χ4n) is 2.53. The Labute approximate surface area is 117 Å². The van der Waals surface area contributed by atoms with Crippen LogP contribution in [0.1, 0.15) is 25.3 Å². The highest BCUT2D eigenvalue weighted by atomic mass is 16.6. The molecule has 1 unspecified atom stereocenters. The summed E-state index contributed by atoms with van der Waals surface area (Å²) in [5.41, 5.74) is 0.348. The molecule has 1 fully saturated rings. The van der Waals surface area contributed by atoms with E-state index >= 15 is 0 Å². The molecule has 6 heteroatoms. The number of nitro benzene ring substituents is 1. The Morgan fingerprint density at radius 1 is 1.50 bits per heavy atom. The fraction of sp³-hybridized carbons (Fsp3) is 0.500. The minimum atomic E-state index is -0.502. The van der Waals surface area contributed by atoms with Crippen molar-refractivity contribution in [1.82, 2.24) is 0 Å². The summed E-state index contributed by atoms with van der Waals surface area (Å²) in [7, 11) is 0. The molecule has 0 aliphatic carbocycles. The van der Waals surface area contributed by atoms with Crippen LogP contribution in [0.15, 0.2) is 18.2 Å². The van der Waals surface area contributed by atoms with Crippen molar-refractivity contribution in [2.75, 3.05) is 18.5 Å². The Hall–Kier alpha value is -2.13. The predicted octanol–water partition coefficient (Wildman–Crippen LogP) is 2.69. The van der Waals surface area contributed by atoms with Gasteiger partial charge in [-0.1, -0.05) is 6.07 Å². The number of hydrogen-bond acceptors (Lipinski definition) is 5. The molecule has 1 heterocycles. The molecule has 0 aromatic heterocycles. The van der Waals surface area contributed by atoms with Gasteiger partial charge in [0.15, 0.2) is 0 Å². The zero-order chi connectivity index (χ0) is 14.5.